The van der Waals surface area contributed by atoms with Gasteiger partial charge in [0.15, 0.2) is 6.61 Å². The number of aryl methyl sites for hydroxylation is 1. The van der Waals surface area contributed by atoms with Crippen molar-refractivity contribution in [2.45, 2.75) is 39.3 Å². The van der Waals surface area contributed by atoms with E-state index in [2.05, 4.69) is 9.55 Å². The third-order valence-electron chi connectivity index (χ3n) is 5.37. The van der Waals surface area contributed by atoms with Crippen molar-refractivity contribution in [3.8, 4) is 0 Å². The number of Topliss-reactive ketones (excluding diaryl/α,β-unsaturated/α-hetero) is 1. The van der Waals surface area contributed by atoms with Crippen LogP contribution in [0.3, 0.4) is 0 Å². The Kier molecular flexibility index (Phi) is 5.05. The number of nitrogens with one attached hydrogen (secondary N) is 1. The molecule has 2 aromatic heterocycles. The molecular formula is C22H24N2O4. The summed E-state index contributed by atoms with van der Waals surface area (Å²) in [6.45, 7) is 5.18. The normalized spacial score (nSPS) is 16.6. The second kappa shape index (κ2) is 7.64. The lowest BCUT2D eigenvalue weighted by Gasteiger charge is -2.14. The number of carbonyl (C=O) groups is 2. The molecule has 1 N–H and O–H groups in total. The zero-order valence-electron chi connectivity index (χ0n) is 16.2. The summed E-state index contributed by atoms with van der Waals surface area (Å²) in [7, 11) is 0. The molecule has 1 aromatic carbocycles. The van der Waals surface area contributed by atoms with Gasteiger partial charge in [-0.15, -0.1) is 0 Å². The highest BCUT2D eigenvalue weighted by atomic mass is 16.5. The third kappa shape index (κ3) is 3.60. The molecular weight excluding hydrogens is 356 g/mol. The van der Waals surface area contributed by atoms with Crippen molar-refractivity contribution in [2.75, 3.05) is 13.2 Å². The van der Waals surface area contributed by atoms with Crippen molar-refractivity contribution in [2.24, 2.45) is 0 Å². The van der Waals surface area contributed by atoms with Gasteiger partial charge in [-0.25, -0.2) is 4.79 Å². The van der Waals surface area contributed by atoms with Gasteiger partial charge < -0.3 is 19.0 Å². The molecule has 0 saturated carbocycles. The molecule has 6 nitrogen and oxygen atoms in total. The number of hydrogen-bond acceptors (Lipinski definition) is 4. The molecule has 1 atom stereocenters. The molecule has 1 aliphatic heterocycles. The predicted octanol–water partition coefficient (Wildman–Crippen LogP) is 3.80. The van der Waals surface area contributed by atoms with E-state index in [1.54, 1.807) is 6.07 Å². The number of benzene rings is 1. The van der Waals surface area contributed by atoms with E-state index in [4.69, 9.17) is 9.47 Å². The molecule has 4 rings (SSSR count). The molecule has 3 aromatic rings. The lowest BCUT2D eigenvalue weighted by Crippen LogP contribution is -2.18. The number of para-hydroxylation sites is 1. The maximum absolute atomic E-state index is 12.6. The van der Waals surface area contributed by atoms with Gasteiger partial charge in [0.2, 0.25) is 5.78 Å². The number of esters is 1. The number of ether oxygens (including phenoxy) is 2. The SMILES string of the molecule is Cc1cc(C(=O)COC(=O)c2cc3ccccc3[nH]2)c(C)n1C[C@@H]1CCCO1. The molecule has 0 spiro atoms. The zero-order chi connectivity index (χ0) is 19.7. The number of hydrogen-bond donors (Lipinski definition) is 1. The van der Waals surface area contributed by atoms with Crippen LogP contribution in [0.15, 0.2) is 36.4 Å². The number of rotatable bonds is 6. The van der Waals surface area contributed by atoms with Gasteiger partial charge in [-0.3, -0.25) is 4.79 Å². The summed E-state index contributed by atoms with van der Waals surface area (Å²) >= 11 is 0. The smallest absolute Gasteiger partial charge is 0.355 e. The summed E-state index contributed by atoms with van der Waals surface area (Å²) in [6, 6.07) is 11.2. The molecule has 0 bridgehead atoms. The summed E-state index contributed by atoms with van der Waals surface area (Å²) in [4.78, 5) is 28.0. The molecule has 146 valence electrons. The maximum Gasteiger partial charge on any atom is 0.355 e. The van der Waals surface area contributed by atoms with Crippen LogP contribution in [-0.4, -0.2) is 40.6 Å². The van der Waals surface area contributed by atoms with Gasteiger partial charge in [0.05, 0.1) is 6.10 Å². The Hall–Kier alpha value is -2.86. The number of carbonyl (C=O) groups excluding carboxylic acids is 2. The summed E-state index contributed by atoms with van der Waals surface area (Å²) in [5.41, 5.74) is 3.70. The largest absolute Gasteiger partial charge is 0.453 e. The van der Waals surface area contributed by atoms with Gasteiger partial charge >= 0.3 is 5.97 Å². The van der Waals surface area contributed by atoms with E-state index in [0.29, 0.717) is 11.3 Å². The number of aromatic amines is 1. The van der Waals surface area contributed by atoms with E-state index < -0.39 is 5.97 Å². The molecule has 3 heterocycles. The lowest BCUT2D eigenvalue weighted by atomic mass is 10.1. The second-order valence-corrected chi connectivity index (χ2v) is 7.30. The van der Waals surface area contributed by atoms with Gasteiger partial charge in [0.25, 0.3) is 0 Å². The first-order chi connectivity index (χ1) is 13.5. The predicted molar refractivity (Wildman–Crippen MR) is 106 cm³/mol. The average Bonchev–Trinajstić information content (AvgIpc) is 3.41. The molecule has 1 saturated heterocycles. The third-order valence-corrected chi connectivity index (χ3v) is 5.37. The minimum Gasteiger partial charge on any atom is -0.453 e. The highest BCUT2D eigenvalue weighted by molar-refractivity contribution is 6.01. The fourth-order valence-corrected chi connectivity index (χ4v) is 3.83. The fourth-order valence-electron chi connectivity index (χ4n) is 3.83. The Morgan fingerprint density at radius 2 is 2.07 bits per heavy atom. The number of H-pyrrole nitrogens is 1. The minimum absolute atomic E-state index is 0.198. The number of fused-ring (bicyclic) bond motifs is 1. The number of aromatic nitrogens is 2. The van der Waals surface area contributed by atoms with E-state index in [1.807, 2.05) is 44.2 Å². The Morgan fingerprint density at radius 1 is 1.25 bits per heavy atom. The maximum atomic E-state index is 12.6. The molecule has 1 aliphatic rings. The summed E-state index contributed by atoms with van der Waals surface area (Å²) < 4.78 is 13.1. The standard InChI is InChI=1S/C22H24N2O4/c1-14-10-18(15(2)24(14)12-17-7-5-9-27-17)21(25)13-28-22(26)20-11-16-6-3-4-8-19(16)23-20/h3-4,6,8,10-11,17,23H,5,7,9,12-13H2,1-2H3/t17-/m0/s1. The average molecular weight is 380 g/mol. The van der Waals surface area contributed by atoms with Crippen LogP contribution in [0.1, 0.15) is 45.1 Å². The minimum atomic E-state index is -0.530. The zero-order valence-corrected chi connectivity index (χ0v) is 16.2. The van der Waals surface area contributed by atoms with Gasteiger partial charge in [-0.1, -0.05) is 18.2 Å². The van der Waals surface area contributed by atoms with Crippen LogP contribution in [0.5, 0.6) is 0 Å². The van der Waals surface area contributed by atoms with Crippen molar-refractivity contribution in [3.05, 3.63) is 59.0 Å². The van der Waals surface area contributed by atoms with Crippen LogP contribution in [0.25, 0.3) is 10.9 Å². The van der Waals surface area contributed by atoms with Gasteiger partial charge in [0, 0.05) is 41.0 Å². The highest BCUT2D eigenvalue weighted by Crippen LogP contribution is 2.21. The topological polar surface area (TPSA) is 73.3 Å². The summed E-state index contributed by atoms with van der Waals surface area (Å²) in [6.07, 6.45) is 2.33. The highest BCUT2D eigenvalue weighted by Gasteiger charge is 2.22. The monoisotopic (exact) mass is 380 g/mol. The van der Waals surface area contributed by atoms with Crippen molar-refractivity contribution < 1.29 is 19.1 Å². The van der Waals surface area contributed by atoms with Crippen LogP contribution in [0.2, 0.25) is 0 Å². The van der Waals surface area contributed by atoms with Gasteiger partial charge in [-0.2, -0.15) is 0 Å². The first-order valence-corrected chi connectivity index (χ1v) is 9.59. The Labute approximate surface area is 163 Å². The Morgan fingerprint density at radius 3 is 2.82 bits per heavy atom. The Balaban J connectivity index is 1.42. The van der Waals surface area contributed by atoms with Crippen molar-refractivity contribution in [1.82, 2.24) is 9.55 Å². The first kappa shape index (κ1) is 18.5. The van der Waals surface area contributed by atoms with E-state index in [0.717, 1.165) is 48.3 Å². The number of ketones is 1. The van der Waals surface area contributed by atoms with Crippen molar-refractivity contribution in [3.63, 3.8) is 0 Å². The van der Waals surface area contributed by atoms with Gasteiger partial charge in [-0.05, 0) is 44.9 Å². The second-order valence-electron chi connectivity index (χ2n) is 7.30. The van der Waals surface area contributed by atoms with Crippen LogP contribution in [0, 0.1) is 13.8 Å². The molecule has 0 radical (unpaired) electrons. The lowest BCUT2D eigenvalue weighted by molar-refractivity contribution is 0.0469. The van der Waals surface area contributed by atoms with Crippen LogP contribution >= 0.6 is 0 Å². The molecule has 6 heteroatoms. The molecule has 0 unspecified atom stereocenters. The van der Waals surface area contributed by atoms with E-state index >= 15 is 0 Å². The summed E-state index contributed by atoms with van der Waals surface area (Å²) in [5.74, 6) is -0.728. The fraction of sp³-hybridized carbons (Fsp3) is 0.364. The van der Waals surface area contributed by atoms with E-state index in [-0.39, 0.29) is 18.5 Å². The van der Waals surface area contributed by atoms with Gasteiger partial charge in [0.1, 0.15) is 5.69 Å². The molecule has 0 amide bonds. The summed E-state index contributed by atoms with van der Waals surface area (Å²) in [5, 5.41) is 0.929. The van der Waals surface area contributed by atoms with E-state index in [1.165, 1.54) is 0 Å². The van der Waals surface area contributed by atoms with Crippen molar-refractivity contribution in [1.29, 1.82) is 0 Å². The first-order valence-electron chi connectivity index (χ1n) is 9.59. The Bertz CT molecular complexity index is 992. The number of nitrogens with zero attached hydrogens (tertiary/aromatic N) is 1. The molecule has 0 aliphatic carbocycles. The van der Waals surface area contributed by atoms with E-state index in [9.17, 15) is 9.59 Å². The van der Waals surface area contributed by atoms with Crippen LogP contribution < -0.4 is 0 Å². The molecule has 28 heavy (non-hydrogen) atoms. The molecule has 1 fully saturated rings. The van der Waals surface area contributed by atoms with Crippen molar-refractivity contribution >= 4 is 22.7 Å². The van der Waals surface area contributed by atoms with Crippen LogP contribution in [0.4, 0.5) is 0 Å². The van der Waals surface area contributed by atoms with Crippen LogP contribution in [-0.2, 0) is 16.0 Å². The quantitative estimate of drug-likeness (QED) is 0.521.